The van der Waals surface area contributed by atoms with Crippen LogP contribution >= 0.6 is 11.6 Å². The van der Waals surface area contributed by atoms with Crippen LogP contribution < -0.4 is 0 Å². The molecule has 0 bridgehead atoms. The molecule has 1 atom stereocenters. The topological polar surface area (TPSA) is 17.1 Å². The Balaban J connectivity index is 2.70. The number of rotatable bonds is 9. The molecule has 0 saturated heterocycles. The second-order valence-corrected chi connectivity index (χ2v) is 7.39. The van der Waals surface area contributed by atoms with Crippen molar-refractivity contribution in [3.8, 4) is 0 Å². The summed E-state index contributed by atoms with van der Waals surface area (Å²) in [4.78, 5) is 12.5. The van der Waals surface area contributed by atoms with Gasteiger partial charge in [0.25, 0.3) is 0 Å². The van der Waals surface area contributed by atoms with E-state index in [1.807, 2.05) is 30.3 Å². The number of ketones is 1. The molecular formula is C19H29ClNO+. The summed E-state index contributed by atoms with van der Waals surface area (Å²) in [6.07, 6.45) is 8.11. The molecule has 0 aliphatic heterocycles. The van der Waals surface area contributed by atoms with Gasteiger partial charge in [0.15, 0.2) is 5.78 Å². The molecule has 0 fully saturated rings. The maximum Gasteiger partial charge on any atom is 0.164 e. The first-order valence-corrected chi connectivity index (χ1v) is 8.47. The van der Waals surface area contributed by atoms with Crippen LogP contribution in [0.3, 0.4) is 0 Å². The van der Waals surface area contributed by atoms with Gasteiger partial charge in [-0.05, 0) is 30.2 Å². The standard InChI is InChI=1S/C19H29ClNO/c1-5-6-7-8-17(15-21(2,3)4)19(22)14-11-16-9-12-18(20)13-10-16/h9-14,17H,5-8,15H2,1-4H3/q+1. The number of quaternary nitrogens is 1. The van der Waals surface area contributed by atoms with Gasteiger partial charge in [-0.2, -0.15) is 0 Å². The summed E-state index contributed by atoms with van der Waals surface area (Å²) in [5, 5.41) is 0.714. The molecular weight excluding hydrogens is 294 g/mol. The average molecular weight is 323 g/mol. The number of carbonyl (C=O) groups is 1. The maximum atomic E-state index is 12.5. The summed E-state index contributed by atoms with van der Waals surface area (Å²) >= 11 is 5.88. The Labute approximate surface area is 140 Å². The summed E-state index contributed by atoms with van der Waals surface area (Å²) in [6.45, 7) is 3.07. The fourth-order valence-electron chi connectivity index (χ4n) is 2.51. The highest BCUT2D eigenvalue weighted by molar-refractivity contribution is 6.30. The molecule has 0 spiro atoms. The molecule has 0 N–H and O–H groups in total. The molecule has 0 aromatic heterocycles. The van der Waals surface area contributed by atoms with E-state index in [0.717, 1.165) is 29.4 Å². The van der Waals surface area contributed by atoms with E-state index in [0.29, 0.717) is 5.02 Å². The largest absolute Gasteiger partial charge is 0.330 e. The predicted molar refractivity (Wildman–Crippen MR) is 96.0 cm³/mol. The number of carbonyl (C=O) groups excluding carboxylic acids is 1. The van der Waals surface area contributed by atoms with Crippen LogP contribution in [-0.4, -0.2) is 38.0 Å². The van der Waals surface area contributed by atoms with Gasteiger partial charge in [0, 0.05) is 5.02 Å². The molecule has 1 aromatic carbocycles. The minimum absolute atomic E-state index is 0.107. The zero-order valence-electron chi connectivity index (χ0n) is 14.3. The van der Waals surface area contributed by atoms with Crippen LogP contribution in [0.2, 0.25) is 5.02 Å². The first kappa shape index (κ1) is 18.9. The lowest BCUT2D eigenvalue weighted by Crippen LogP contribution is -2.41. The lowest BCUT2D eigenvalue weighted by molar-refractivity contribution is -0.872. The van der Waals surface area contributed by atoms with Gasteiger partial charge in [-0.25, -0.2) is 0 Å². The number of hydrogen-bond acceptors (Lipinski definition) is 1. The molecule has 0 amide bonds. The second-order valence-electron chi connectivity index (χ2n) is 6.95. The van der Waals surface area contributed by atoms with E-state index in [2.05, 4.69) is 28.1 Å². The van der Waals surface area contributed by atoms with Crippen LogP contribution in [0, 0.1) is 5.92 Å². The molecule has 0 radical (unpaired) electrons. The van der Waals surface area contributed by atoms with Crippen molar-refractivity contribution >= 4 is 23.5 Å². The number of hydrogen-bond donors (Lipinski definition) is 0. The number of benzene rings is 1. The summed E-state index contributed by atoms with van der Waals surface area (Å²) in [5.74, 6) is 0.342. The molecule has 0 aliphatic rings. The molecule has 1 unspecified atom stereocenters. The summed E-state index contributed by atoms with van der Waals surface area (Å²) in [5.41, 5.74) is 1.01. The van der Waals surface area contributed by atoms with Crippen molar-refractivity contribution in [3.63, 3.8) is 0 Å². The summed E-state index contributed by atoms with van der Waals surface area (Å²) < 4.78 is 0.817. The third kappa shape index (κ3) is 7.77. The van der Waals surface area contributed by atoms with Crippen molar-refractivity contribution in [2.75, 3.05) is 27.7 Å². The third-order valence-corrected chi connectivity index (χ3v) is 3.89. The molecule has 1 aromatic rings. The fourth-order valence-corrected chi connectivity index (χ4v) is 2.64. The van der Waals surface area contributed by atoms with Crippen LogP contribution in [0.4, 0.5) is 0 Å². The molecule has 122 valence electrons. The highest BCUT2D eigenvalue weighted by Crippen LogP contribution is 2.16. The Kier molecular flexibility index (Phi) is 7.84. The van der Waals surface area contributed by atoms with Gasteiger partial charge in [-0.3, -0.25) is 4.79 Å². The molecule has 0 aliphatic carbocycles. The Morgan fingerprint density at radius 1 is 1.18 bits per heavy atom. The molecule has 2 nitrogen and oxygen atoms in total. The zero-order valence-corrected chi connectivity index (χ0v) is 15.1. The van der Waals surface area contributed by atoms with Crippen LogP contribution in [-0.2, 0) is 4.79 Å². The van der Waals surface area contributed by atoms with Crippen LogP contribution in [0.1, 0.15) is 38.2 Å². The lowest BCUT2D eigenvalue weighted by Gasteiger charge is -2.28. The zero-order chi connectivity index (χ0) is 16.6. The number of unbranched alkanes of at least 4 members (excludes halogenated alkanes) is 2. The van der Waals surface area contributed by atoms with Gasteiger partial charge in [-0.1, -0.05) is 56.0 Å². The minimum atomic E-state index is 0.107. The van der Waals surface area contributed by atoms with Crippen molar-refractivity contribution in [1.82, 2.24) is 0 Å². The molecule has 22 heavy (non-hydrogen) atoms. The van der Waals surface area contributed by atoms with Crippen molar-refractivity contribution in [3.05, 3.63) is 40.9 Å². The van der Waals surface area contributed by atoms with E-state index in [1.165, 1.54) is 12.8 Å². The van der Waals surface area contributed by atoms with Gasteiger partial charge in [0.1, 0.15) is 0 Å². The first-order valence-electron chi connectivity index (χ1n) is 8.10. The highest BCUT2D eigenvalue weighted by Gasteiger charge is 2.23. The van der Waals surface area contributed by atoms with Gasteiger partial charge < -0.3 is 4.48 Å². The van der Waals surface area contributed by atoms with Crippen LogP contribution in [0.25, 0.3) is 6.08 Å². The summed E-state index contributed by atoms with van der Waals surface area (Å²) in [7, 11) is 6.43. The van der Waals surface area contributed by atoms with E-state index >= 15 is 0 Å². The fraction of sp³-hybridized carbons (Fsp3) is 0.526. The third-order valence-electron chi connectivity index (χ3n) is 3.64. The maximum absolute atomic E-state index is 12.5. The van der Waals surface area contributed by atoms with Gasteiger partial charge in [0.05, 0.1) is 33.6 Å². The van der Waals surface area contributed by atoms with Gasteiger partial charge >= 0.3 is 0 Å². The Morgan fingerprint density at radius 2 is 1.82 bits per heavy atom. The molecule has 0 heterocycles. The van der Waals surface area contributed by atoms with Crippen molar-refractivity contribution in [2.24, 2.45) is 5.92 Å². The molecule has 3 heteroatoms. The van der Waals surface area contributed by atoms with E-state index in [9.17, 15) is 4.79 Å². The summed E-state index contributed by atoms with van der Waals surface area (Å²) in [6, 6.07) is 7.54. The average Bonchev–Trinajstić information content (AvgIpc) is 2.44. The van der Waals surface area contributed by atoms with E-state index in [4.69, 9.17) is 11.6 Å². The smallest absolute Gasteiger partial charge is 0.164 e. The van der Waals surface area contributed by atoms with Crippen LogP contribution in [0.15, 0.2) is 30.3 Å². The quantitative estimate of drug-likeness (QED) is 0.362. The lowest BCUT2D eigenvalue weighted by atomic mass is 9.95. The number of allylic oxidation sites excluding steroid dienone is 1. The number of halogens is 1. The Morgan fingerprint density at radius 3 is 2.36 bits per heavy atom. The van der Waals surface area contributed by atoms with Gasteiger partial charge in [0.2, 0.25) is 0 Å². The van der Waals surface area contributed by atoms with E-state index < -0.39 is 0 Å². The number of nitrogens with zero attached hydrogens (tertiary/aromatic N) is 1. The van der Waals surface area contributed by atoms with E-state index in [-0.39, 0.29) is 11.7 Å². The Hall–Kier alpha value is -1.12. The first-order chi connectivity index (χ1) is 10.3. The van der Waals surface area contributed by atoms with Crippen molar-refractivity contribution in [2.45, 2.75) is 32.6 Å². The highest BCUT2D eigenvalue weighted by atomic mass is 35.5. The predicted octanol–water partition coefficient (Wildman–Crippen LogP) is 4.83. The second kappa shape index (κ2) is 9.12. The van der Waals surface area contributed by atoms with Crippen molar-refractivity contribution in [1.29, 1.82) is 0 Å². The van der Waals surface area contributed by atoms with Gasteiger partial charge in [-0.15, -0.1) is 0 Å². The van der Waals surface area contributed by atoms with E-state index in [1.54, 1.807) is 6.08 Å². The molecule has 1 rings (SSSR count). The normalized spacial score (nSPS) is 13.5. The minimum Gasteiger partial charge on any atom is -0.330 e. The van der Waals surface area contributed by atoms with Crippen molar-refractivity contribution < 1.29 is 9.28 Å². The van der Waals surface area contributed by atoms with Crippen LogP contribution in [0.5, 0.6) is 0 Å². The monoisotopic (exact) mass is 322 g/mol. The Bertz CT molecular complexity index is 485. The SMILES string of the molecule is CCCCCC(C[N+](C)(C)C)C(=O)C=Cc1ccc(Cl)cc1. The molecule has 0 saturated carbocycles.